The van der Waals surface area contributed by atoms with Crippen LogP contribution < -0.4 is 10.6 Å². The number of carbonyl (C=O) groups is 1. The summed E-state index contributed by atoms with van der Waals surface area (Å²) in [5, 5.41) is 7.15. The molecule has 2 aromatic rings. The zero-order valence-electron chi connectivity index (χ0n) is 17.6. The first-order chi connectivity index (χ1) is 15.1. The molecule has 4 rings (SSSR count). The highest BCUT2D eigenvalue weighted by molar-refractivity contribution is 6.33. The van der Waals surface area contributed by atoms with Crippen molar-refractivity contribution < 1.29 is 13.9 Å². The van der Waals surface area contributed by atoms with Gasteiger partial charge >= 0.3 is 0 Å². The summed E-state index contributed by atoms with van der Waals surface area (Å²) in [7, 11) is 0. The number of anilines is 1. The summed E-state index contributed by atoms with van der Waals surface area (Å²) < 4.78 is 18.3. The van der Waals surface area contributed by atoms with E-state index in [1.165, 1.54) is 0 Å². The Labute approximate surface area is 187 Å². The third kappa shape index (κ3) is 5.82. The van der Waals surface area contributed by atoms with Crippen molar-refractivity contribution in [3.8, 4) is 11.1 Å². The van der Waals surface area contributed by atoms with E-state index in [0.29, 0.717) is 29.6 Å². The number of nitrogens with zero attached hydrogens (tertiary/aromatic N) is 1. The average molecular weight is 446 g/mol. The molecule has 0 unspecified atom stereocenters. The maximum Gasteiger partial charge on any atom is 0.143 e. The Bertz CT molecular complexity index is 904. The van der Waals surface area contributed by atoms with Crippen LogP contribution in [0.2, 0.25) is 5.02 Å². The number of aromatic nitrogens is 1. The average Bonchev–Trinajstić information content (AvgIpc) is 3.29. The topological polar surface area (TPSA) is 63.2 Å². The molecule has 5 nitrogen and oxygen atoms in total. The van der Waals surface area contributed by atoms with Crippen LogP contribution in [0.3, 0.4) is 0 Å². The number of halogens is 2. The highest BCUT2D eigenvalue weighted by atomic mass is 35.5. The smallest absolute Gasteiger partial charge is 0.143 e. The monoisotopic (exact) mass is 445 g/mol. The lowest BCUT2D eigenvalue weighted by molar-refractivity contribution is -0.121. The van der Waals surface area contributed by atoms with Gasteiger partial charge in [-0.05, 0) is 48.9 Å². The summed E-state index contributed by atoms with van der Waals surface area (Å²) in [6.45, 7) is 2.70. The van der Waals surface area contributed by atoms with Crippen molar-refractivity contribution in [3.05, 3.63) is 47.2 Å². The number of Topliss-reactive ketones (excluding diaryl/α,β-unsaturated/α-hetero) is 1. The van der Waals surface area contributed by atoms with Crippen LogP contribution in [0, 0.1) is 11.8 Å². The van der Waals surface area contributed by atoms with Gasteiger partial charge in [0.15, 0.2) is 0 Å². The van der Waals surface area contributed by atoms with Gasteiger partial charge in [0.1, 0.15) is 12.5 Å². The molecule has 31 heavy (non-hydrogen) atoms. The quantitative estimate of drug-likeness (QED) is 0.634. The summed E-state index contributed by atoms with van der Waals surface area (Å²) in [6, 6.07) is 9.84. The summed E-state index contributed by atoms with van der Waals surface area (Å²) in [5.41, 5.74) is 3.58. The van der Waals surface area contributed by atoms with E-state index in [4.69, 9.17) is 16.3 Å². The van der Waals surface area contributed by atoms with Gasteiger partial charge in [-0.2, -0.15) is 0 Å². The van der Waals surface area contributed by atoms with E-state index in [9.17, 15) is 9.18 Å². The second-order valence-electron chi connectivity index (χ2n) is 8.51. The third-order valence-corrected chi connectivity index (χ3v) is 6.54. The second-order valence-corrected chi connectivity index (χ2v) is 8.92. The minimum Gasteiger partial charge on any atom is -0.385 e. The first-order valence-electron chi connectivity index (χ1n) is 11.0. The molecule has 0 bridgehead atoms. The van der Waals surface area contributed by atoms with Crippen LogP contribution in [-0.4, -0.2) is 49.8 Å². The number of ether oxygens (including phenoxy) is 1. The highest BCUT2D eigenvalue weighted by Crippen LogP contribution is 2.30. The standard InChI is InChI=1S/C24H29ClFN3O2/c25-23-15-29-20(11-24(30)18-9-21(12-26)28-14-18)10-22(23)17-2-1-3-19(8-17)27-13-16-4-6-31-7-5-16/h1-3,8,10,15-16,18,21,27-28H,4-7,9,11-14H2/t18-,21-/m0/s1. The first-order valence-corrected chi connectivity index (χ1v) is 11.4. The van der Waals surface area contributed by atoms with Crippen molar-refractivity contribution >= 4 is 23.1 Å². The molecular weight excluding hydrogens is 417 g/mol. The number of benzene rings is 1. The van der Waals surface area contributed by atoms with Crippen LogP contribution in [0.15, 0.2) is 36.5 Å². The van der Waals surface area contributed by atoms with Crippen LogP contribution >= 0.6 is 11.6 Å². The predicted octanol–water partition coefficient (Wildman–Crippen LogP) is 4.30. The molecule has 1 aromatic carbocycles. The van der Waals surface area contributed by atoms with E-state index in [-0.39, 0.29) is 24.2 Å². The molecule has 1 aromatic heterocycles. The molecule has 0 spiro atoms. The fourth-order valence-electron chi connectivity index (χ4n) is 4.31. The first kappa shape index (κ1) is 22.2. The number of carbonyl (C=O) groups excluding carboxylic acids is 1. The van der Waals surface area contributed by atoms with Gasteiger partial charge < -0.3 is 15.4 Å². The molecule has 2 fully saturated rings. The number of rotatable bonds is 8. The predicted molar refractivity (Wildman–Crippen MR) is 121 cm³/mol. The third-order valence-electron chi connectivity index (χ3n) is 6.24. The molecule has 2 saturated heterocycles. The van der Waals surface area contributed by atoms with E-state index >= 15 is 0 Å². The molecule has 2 aliphatic heterocycles. The van der Waals surface area contributed by atoms with E-state index in [1.807, 2.05) is 18.2 Å². The minimum absolute atomic E-state index is 0.0936. The van der Waals surface area contributed by atoms with Gasteiger partial charge in [-0.25, -0.2) is 4.39 Å². The van der Waals surface area contributed by atoms with Gasteiger partial charge in [-0.15, -0.1) is 0 Å². The lowest BCUT2D eigenvalue weighted by Crippen LogP contribution is -2.23. The molecule has 0 radical (unpaired) electrons. The number of pyridine rings is 1. The molecule has 0 saturated carbocycles. The Morgan fingerprint density at radius 3 is 2.90 bits per heavy atom. The molecule has 2 N–H and O–H groups in total. The molecule has 0 amide bonds. The summed E-state index contributed by atoms with van der Waals surface area (Å²) in [5.74, 6) is 0.567. The van der Waals surface area contributed by atoms with Crippen LogP contribution in [0.1, 0.15) is 25.0 Å². The molecule has 0 aliphatic carbocycles. The summed E-state index contributed by atoms with van der Waals surface area (Å²) in [6.07, 6.45) is 4.57. The van der Waals surface area contributed by atoms with E-state index < -0.39 is 6.67 Å². The Balaban J connectivity index is 1.43. The molecule has 3 heterocycles. The van der Waals surface area contributed by atoms with Crippen LogP contribution in [0.5, 0.6) is 0 Å². The lowest BCUT2D eigenvalue weighted by Gasteiger charge is -2.22. The van der Waals surface area contributed by atoms with Crippen molar-refractivity contribution in [2.75, 3.05) is 38.3 Å². The molecular formula is C24H29ClFN3O2. The van der Waals surface area contributed by atoms with Crippen molar-refractivity contribution in [3.63, 3.8) is 0 Å². The Morgan fingerprint density at radius 2 is 2.13 bits per heavy atom. The SMILES string of the molecule is O=C(Cc1cc(-c2cccc(NCC3CCOCC3)c2)c(Cl)cn1)[C@@H]1CN[C@H](CF)C1. The number of ketones is 1. The molecule has 7 heteroatoms. The number of nitrogens with one attached hydrogen (secondary N) is 2. The molecule has 2 atom stereocenters. The van der Waals surface area contributed by atoms with Gasteiger partial charge in [-0.3, -0.25) is 9.78 Å². The fraction of sp³-hybridized carbons (Fsp3) is 0.500. The van der Waals surface area contributed by atoms with Crippen molar-refractivity contribution in [2.45, 2.75) is 31.7 Å². The number of hydrogen-bond acceptors (Lipinski definition) is 5. The molecule has 166 valence electrons. The van der Waals surface area contributed by atoms with Gasteiger partial charge in [0.05, 0.1) is 5.02 Å². The number of hydrogen-bond donors (Lipinski definition) is 2. The van der Waals surface area contributed by atoms with Crippen LogP contribution in [0.4, 0.5) is 10.1 Å². The molecule has 2 aliphatic rings. The summed E-state index contributed by atoms with van der Waals surface area (Å²) >= 11 is 6.45. The maximum absolute atomic E-state index is 12.8. The van der Waals surface area contributed by atoms with E-state index in [1.54, 1.807) is 6.20 Å². The van der Waals surface area contributed by atoms with Crippen molar-refractivity contribution in [1.82, 2.24) is 10.3 Å². The summed E-state index contributed by atoms with van der Waals surface area (Å²) in [4.78, 5) is 17.0. The largest absolute Gasteiger partial charge is 0.385 e. The number of alkyl halides is 1. The zero-order chi connectivity index (χ0) is 21.6. The van der Waals surface area contributed by atoms with Crippen LogP contribution in [0.25, 0.3) is 11.1 Å². The Kier molecular flexibility index (Phi) is 7.54. The zero-order valence-corrected chi connectivity index (χ0v) is 18.3. The highest BCUT2D eigenvalue weighted by Gasteiger charge is 2.29. The van der Waals surface area contributed by atoms with Gasteiger partial charge in [0.2, 0.25) is 0 Å². The van der Waals surface area contributed by atoms with Crippen molar-refractivity contribution in [2.24, 2.45) is 11.8 Å². The second kappa shape index (κ2) is 10.5. The van der Waals surface area contributed by atoms with E-state index in [2.05, 4.69) is 27.8 Å². The van der Waals surface area contributed by atoms with Gasteiger partial charge in [0.25, 0.3) is 0 Å². The van der Waals surface area contributed by atoms with E-state index in [0.717, 1.165) is 49.4 Å². The minimum atomic E-state index is -0.438. The van der Waals surface area contributed by atoms with Gasteiger partial charge in [0, 0.05) is 67.8 Å². The van der Waals surface area contributed by atoms with Crippen molar-refractivity contribution in [1.29, 1.82) is 0 Å². The fourth-order valence-corrected chi connectivity index (χ4v) is 4.53. The maximum atomic E-state index is 12.8. The van der Waals surface area contributed by atoms with Crippen LogP contribution in [-0.2, 0) is 16.0 Å². The normalized spacial score (nSPS) is 21.9. The van der Waals surface area contributed by atoms with Gasteiger partial charge in [-0.1, -0.05) is 23.7 Å². The lowest BCUT2D eigenvalue weighted by atomic mass is 9.96. The Morgan fingerprint density at radius 1 is 1.29 bits per heavy atom. The Hall–Kier alpha value is -2.02.